The molecular weight excluding hydrogens is 246 g/mol. The minimum Gasteiger partial charge on any atom is -0.395 e. The molecule has 0 saturated carbocycles. The van der Waals surface area contributed by atoms with Gasteiger partial charge in [-0.15, -0.1) is 10.2 Å². The molecule has 0 spiro atoms. The molecule has 2 aromatic rings. The maximum atomic E-state index is 8.96. The Labute approximate surface area is 110 Å². The first kappa shape index (κ1) is 13.6. The number of benzene rings is 1. The lowest BCUT2D eigenvalue weighted by Gasteiger charge is -2.20. The van der Waals surface area contributed by atoms with Gasteiger partial charge in [0.15, 0.2) is 0 Å². The number of rotatable bonds is 7. The van der Waals surface area contributed by atoms with Crippen LogP contribution in [0.3, 0.4) is 0 Å². The van der Waals surface area contributed by atoms with Crippen molar-refractivity contribution in [1.82, 2.24) is 25.5 Å². The van der Waals surface area contributed by atoms with Crippen molar-refractivity contribution in [3.8, 4) is 11.4 Å². The van der Waals surface area contributed by atoms with Crippen molar-refractivity contribution < 1.29 is 10.2 Å². The van der Waals surface area contributed by atoms with Gasteiger partial charge in [-0.3, -0.25) is 4.90 Å². The molecule has 7 heteroatoms. The molecule has 0 unspecified atom stereocenters. The molecule has 0 aliphatic carbocycles. The van der Waals surface area contributed by atoms with Crippen LogP contribution in [0, 0.1) is 0 Å². The van der Waals surface area contributed by atoms with E-state index < -0.39 is 0 Å². The first-order valence-electron chi connectivity index (χ1n) is 6.10. The maximum absolute atomic E-state index is 8.96. The number of hydrogen-bond acceptors (Lipinski definition) is 6. The largest absolute Gasteiger partial charge is 0.395 e. The Morgan fingerprint density at radius 1 is 1.05 bits per heavy atom. The number of aromatic amines is 1. The van der Waals surface area contributed by atoms with Gasteiger partial charge in [0.2, 0.25) is 5.82 Å². The maximum Gasteiger partial charge on any atom is 0.204 e. The van der Waals surface area contributed by atoms with Crippen LogP contribution >= 0.6 is 0 Å². The van der Waals surface area contributed by atoms with Crippen LogP contribution in [0.5, 0.6) is 0 Å². The van der Waals surface area contributed by atoms with E-state index >= 15 is 0 Å². The van der Waals surface area contributed by atoms with Crippen LogP contribution in [0.4, 0.5) is 0 Å². The van der Waals surface area contributed by atoms with Gasteiger partial charge in [-0.05, 0) is 10.8 Å². The third-order valence-corrected chi connectivity index (χ3v) is 2.80. The van der Waals surface area contributed by atoms with Gasteiger partial charge in [-0.2, -0.15) is 5.21 Å². The first-order chi connectivity index (χ1) is 9.33. The fourth-order valence-electron chi connectivity index (χ4n) is 1.85. The molecule has 102 valence electrons. The number of nitrogens with zero attached hydrogens (tertiary/aromatic N) is 4. The molecule has 0 bridgehead atoms. The highest BCUT2D eigenvalue weighted by Crippen LogP contribution is 2.14. The summed E-state index contributed by atoms with van der Waals surface area (Å²) in [5.74, 6) is 0.564. The van der Waals surface area contributed by atoms with Crippen molar-refractivity contribution >= 4 is 0 Å². The van der Waals surface area contributed by atoms with Crippen LogP contribution < -0.4 is 0 Å². The number of aromatic nitrogens is 4. The molecular formula is C12H17N5O2. The van der Waals surface area contributed by atoms with E-state index in [2.05, 4.69) is 20.6 Å². The fourth-order valence-corrected chi connectivity index (χ4v) is 1.85. The summed E-state index contributed by atoms with van der Waals surface area (Å²) in [6.45, 7) is 1.95. The number of aliphatic hydroxyl groups excluding tert-OH is 2. The van der Waals surface area contributed by atoms with Crippen LogP contribution in [0.25, 0.3) is 11.4 Å². The van der Waals surface area contributed by atoms with Crippen LogP contribution in [0.2, 0.25) is 0 Å². The third kappa shape index (κ3) is 3.82. The van der Waals surface area contributed by atoms with E-state index in [1.54, 1.807) is 0 Å². The summed E-state index contributed by atoms with van der Waals surface area (Å²) in [6.07, 6.45) is 0. The Hall–Kier alpha value is -1.83. The fraction of sp³-hybridized carbons (Fsp3) is 0.417. The summed E-state index contributed by atoms with van der Waals surface area (Å²) in [4.78, 5) is 1.99. The van der Waals surface area contributed by atoms with Gasteiger partial charge >= 0.3 is 0 Å². The zero-order valence-corrected chi connectivity index (χ0v) is 10.5. The Bertz CT molecular complexity index is 465. The highest BCUT2D eigenvalue weighted by molar-refractivity contribution is 5.54. The van der Waals surface area contributed by atoms with Crippen molar-refractivity contribution in [2.75, 3.05) is 26.3 Å². The monoisotopic (exact) mass is 263 g/mol. The predicted molar refractivity (Wildman–Crippen MR) is 69.1 cm³/mol. The van der Waals surface area contributed by atoms with Gasteiger partial charge in [0.25, 0.3) is 0 Å². The molecule has 1 aromatic heterocycles. The zero-order valence-electron chi connectivity index (χ0n) is 10.5. The lowest BCUT2D eigenvalue weighted by atomic mass is 10.1. The van der Waals surface area contributed by atoms with Crippen LogP contribution in [0.1, 0.15) is 5.56 Å². The van der Waals surface area contributed by atoms with Gasteiger partial charge in [-0.25, -0.2) is 0 Å². The molecule has 0 amide bonds. The second kappa shape index (κ2) is 6.93. The van der Waals surface area contributed by atoms with Crippen molar-refractivity contribution in [3.05, 3.63) is 29.8 Å². The second-order valence-corrected chi connectivity index (χ2v) is 4.16. The molecule has 0 radical (unpaired) electrons. The van der Waals surface area contributed by atoms with E-state index in [1.165, 1.54) is 0 Å². The van der Waals surface area contributed by atoms with Gasteiger partial charge in [0.1, 0.15) is 0 Å². The Kier molecular flexibility index (Phi) is 4.96. The summed E-state index contributed by atoms with van der Waals surface area (Å²) in [7, 11) is 0. The standard InChI is InChI=1S/C12H17N5O2/c18-7-5-17(6-8-19)9-10-1-3-11(4-2-10)12-13-15-16-14-12/h1-4,18-19H,5-9H2,(H,13,14,15,16). The van der Waals surface area contributed by atoms with E-state index in [9.17, 15) is 0 Å². The first-order valence-corrected chi connectivity index (χ1v) is 6.10. The Morgan fingerprint density at radius 2 is 1.74 bits per heavy atom. The summed E-state index contributed by atoms with van der Waals surface area (Å²) in [5, 5.41) is 31.7. The molecule has 1 heterocycles. The van der Waals surface area contributed by atoms with Crippen molar-refractivity contribution in [1.29, 1.82) is 0 Å². The molecule has 1 aromatic carbocycles. The average Bonchev–Trinajstić information content (AvgIpc) is 2.94. The quantitative estimate of drug-likeness (QED) is 0.632. The van der Waals surface area contributed by atoms with Crippen LogP contribution in [0.15, 0.2) is 24.3 Å². The molecule has 0 saturated heterocycles. The van der Waals surface area contributed by atoms with Crippen molar-refractivity contribution in [2.24, 2.45) is 0 Å². The normalized spacial score (nSPS) is 11.1. The molecule has 2 rings (SSSR count). The number of hydrogen-bond donors (Lipinski definition) is 3. The van der Waals surface area contributed by atoms with Crippen LogP contribution in [-0.2, 0) is 6.54 Å². The van der Waals surface area contributed by atoms with E-state index in [4.69, 9.17) is 10.2 Å². The van der Waals surface area contributed by atoms with Gasteiger partial charge in [0, 0.05) is 25.2 Å². The highest BCUT2D eigenvalue weighted by atomic mass is 16.3. The SMILES string of the molecule is OCCN(CCO)Cc1ccc(-c2nn[nH]n2)cc1. The van der Waals surface area contributed by atoms with E-state index in [0.717, 1.165) is 11.1 Å². The van der Waals surface area contributed by atoms with E-state index in [0.29, 0.717) is 25.5 Å². The second-order valence-electron chi connectivity index (χ2n) is 4.16. The third-order valence-electron chi connectivity index (χ3n) is 2.80. The van der Waals surface area contributed by atoms with Gasteiger partial charge in [-0.1, -0.05) is 24.3 Å². The van der Waals surface area contributed by atoms with Crippen molar-refractivity contribution in [3.63, 3.8) is 0 Å². The van der Waals surface area contributed by atoms with E-state index in [1.807, 2.05) is 29.2 Å². The Morgan fingerprint density at radius 3 is 2.26 bits per heavy atom. The number of tetrazole rings is 1. The smallest absolute Gasteiger partial charge is 0.204 e. The number of nitrogens with one attached hydrogen (secondary N) is 1. The van der Waals surface area contributed by atoms with Crippen molar-refractivity contribution in [2.45, 2.75) is 6.54 Å². The molecule has 7 nitrogen and oxygen atoms in total. The summed E-state index contributed by atoms with van der Waals surface area (Å²) in [6, 6.07) is 7.81. The van der Waals surface area contributed by atoms with Gasteiger partial charge in [0.05, 0.1) is 13.2 Å². The lowest BCUT2D eigenvalue weighted by Crippen LogP contribution is -2.29. The summed E-state index contributed by atoms with van der Waals surface area (Å²) >= 11 is 0. The zero-order chi connectivity index (χ0) is 13.5. The van der Waals surface area contributed by atoms with Crippen LogP contribution in [-0.4, -0.2) is 62.0 Å². The minimum atomic E-state index is 0.0843. The predicted octanol–water partition coefficient (Wildman–Crippen LogP) is -0.347. The highest BCUT2D eigenvalue weighted by Gasteiger charge is 2.06. The Balaban J connectivity index is 2.01. The lowest BCUT2D eigenvalue weighted by molar-refractivity contribution is 0.156. The summed E-state index contributed by atoms with van der Waals surface area (Å²) in [5.41, 5.74) is 2.00. The van der Waals surface area contributed by atoms with E-state index in [-0.39, 0.29) is 13.2 Å². The molecule has 0 aliphatic rings. The average molecular weight is 263 g/mol. The molecule has 3 N–H and O–H groups in total. The molecule has 0 fully saturated rings. The topological polar surface area (TPSA) is 98.2 Å². The molecule has 0 aliphatic heterocycles. The summed E-state index contributed by atoms with van der Waals surface area (Å²) < 4.78 is 0. The number of aliphatic hydroxyl groups is 2. The minimum absolute atomic E-state index is 0.0843. The number of H-pyrrole nitrogens is 1. The molecule has 0 atom stereocenters. The van der Waals surface area contributed by atoms with Gasteiger partial charge < -0.3 is 10.2 Å². The molecule has 19 heavy (non-hydrogen) atoms.